The topological polar surface area (TPSA) is 103 Å². The Kier molecular flexibility index (Phi) is 4.21. The quantitative estimate of drug-likeness (QED) is 0.576. The van der Waals surface area contributed by atoms with Crippen molar-refractivity contribution in [3.05, 3.63) is 84.1 Å². The summed E-state index contributed by atoms with van der Waals surface area (Å²) in [6.45, 7) is 0.105. The first kappa shape index (κ1) is 17.1. The van der Waals surface area contributed by atoms with Crippen LogP contribution in [0.1, 0.15) is 22.9 Å². The van der Waals surface area contributed by atoms with E-state index < -0.39 is 5.92 Å². The Morgan fingerprint density at radius 3 is 2.38 bits per heavy atom. The maximum Gasteiger partial charge on any atom is 0.267 e. The third-order valence-electron chi connectivity index (χ3n) is 4.61. The Morgan fingerprint density at radius 2 is 1.69 bits per heavy atom. The molecule has 0 radical (unpaired) electrons. The summed E-state index contributed by atoms with van der Waals surface area (Å²) in [6.07, 6.45) is 4.64. The van der Waals surface area contributed by atoms with Crippen molar-refractivity contribution in [1.82, 2.24) is 25.5 Å². The van der Waals surface area contributed by atoms with Gasteiger partial charge in [0.1, 0.15) is 17.2 Å². The highest BCUT2D eigenvalue weighted by Crippen LogP contribution is 2.43. The van der Waals surface area contributed by atoms with Crippen molar-refractivity contribution in [2.45, 2.75) is 12.5 Å². The monoisotopic (exact) mass is 385 g/mol. The van der Waals surface area contributed by atoms with Crippen LogP contribution in [0.25, 0.3) is 11.6 Å². The van der Waals surface area contributed by atoms with Crippen molar-refractivity contribution in [2.24, 2.45) is 0 Å². The number of carbonyl (C=O) groups is 1. The largest absolute Gasteiger partial charge is 0.457 e. The van der Waals surface area contributed by atoms with Crippen molar-refractivity contribution >= 4 is 5.91 Å². The van der Waals surface area contributed by atoms with Crippen LogP contribution in [0, 0.1) is 0 Å². The smallest absolute Gasteiger partial charge is 0.267 e. The van der Waals surface area contributed by atoms with Gasteiger partial charge in [-0.25, -0.2) is 4.98 Å². The van der Waals surface area contributed by atoms with E-state index >= 15 is 0 Å². The first-order valence-corrected chi connectivity index (χ1v) is 9.02. The van der Waals surface area contributed by atoms with E-state index in [0.29, 0.717) is 17.2 Å². The summed E-state index contributed by atoms with van der Waals surface area (Å²) in [5.41, 5.74) is 2.11. The van der Waals surface area contributed by atoms with E-state index in [4.69, 9.17) is 9.15 Å². The number of benzene rings is 2. The fourth-order valence-corrected chi connectivity index (χ4v) is 3.30. The zero-order valence-corrected chi connectivity index (χ0v) is 15.1. The molecule has 1 aliphatic rings. The minimum atomic E-state index is -0.487. The lowest BCUT2D eigenvalue weighted by Crippen LogP contribution is -2.31. The molecule has 0 aliphatic carbocycles. The standard InChI is InChI=1S/C21H15N5O3/c27-20(24-12-18-25-26-21(29-18)15-11-22-9-10-23-15)19-13-5-1-3-7-16(13)28-17-8-4-2-6-14(17)19/h1-11,19H,12H2,(H,24,27). The lowest BCUT2D eigenvalue weighted by atomic mass is 9.87. The number of carbonyl (C=O) groups excluding carboxylic acids is 1. The predicted molar refractivity (Wildman–Crippen MR) is 102 cm³/mol. The van der Waals surface area contributed by atoms with E-state index in [1.54, 1.807) is 12.4 Å². The van der Waals surface area contributed by atoms with E-state index in [9.17, 15) is 4.79 Å². The van der Waals surface area contributed by atoms with E-state index in [-0.39, 0.29) is 24.2 Å². The summed E-state index contributed by atoms with van der Waals surface area (Å²) in [6, 6.07) is 15.1. The molecule has 1 amide bonds. The molecule has 0 unspecified atom stereocenters. The Hall–Kier alpha value is -4.07. The van der Waals surface area contributed by atoms with E-state index in [1.165, 1.54) is 6.20 Å². The van der Waals surface area contributed by atoms with Crippen LogP contribution in [0.5, 0.6) is 11.5 Å². The van der Waals surface area contributed by atoms with Gasteiger partial charge in [-0.1, -0.05) is 36.4 Å². The number of amides is 1. The number of hydrogen-bond donors (Lipinski definition) is 1. The Morgan fingerprint density at radius 1 is 0.966 bits per heavy atom. The molecule has 8 heteroatoms. The molecule has 0 saturated carbocycles. The molecule has 1 N–H and O–H groups in total. The third-order valence-corrected chi connectivity index (χ3v) is 4.61. The molecule has 2 aromatic carbocycles. The van der Waals surface area contributed by atoms with E-state index in [1.807, 2.05) is 48.5 Å². The van der Waals surface area contributed by atoms with Crippen molar-refractivity contribution in [3.8, 4) is 23.1 Å². The number of para-hydroxylation sites is 2. The van der Waals surface area contributed by atoms with Crippen LogP contribution in [-0.2, 0) is 11.3 Å². The zero-order chi connectivity index (χ0) is 19.6. The number of fused-ring (bicyclic) bond motifs is 2. The zero-order valence-electron chi connectivity index (χ0n) is 15.1. The molecule has 4 aromatic rings. The van der Waals surface area contributed by atoms with Crippen molar-refractivity contribution < 1.29 is 13.9 Å². The summed E-state index contributed by atoms with van der Waals surface area (Å²) >= 11 is 0. The highest BCUT2D eigenvalue weighted by Gasteiger charge is 2.32. The van der Waals surface area contributed by atoms with Gasteiger partial charge in [0.25, 0.3) is 5.89 Å². The molecule has 0 fully saturated rings. The van der Waals surface area contributed by atoms with Gasteiger partial charge in [0.05, 0.1) is 18.7 Å². The van der Waals surface area contributed by atoms with Crippen molar-refractivity contribution in [1.29, 1.82) is 0 Å². The van der Waals surface area contributed by atoms with Crippen LogP contribution in [0.4, 0.5) is 0 Å². The predicted octanol–water partition coefficient (Wildman–Crippen LogP) is 3.08. The first-order valence-electron chi connectivity index (χ1n) is 9.02. The van der Waals surface area contributed by atoms with Crippen LogP contribution in [0.3, 0.4) is 0 Å². The average Bonchev–Trinajstić information content (AvgIpc) is 3.25. The maximum atomic E-state index is 13.1. The highest BCUT2D eigenvalue weighted by atomic mass is 16.5. The van der Waals surface area contributed by atoms with Gasteiger partial charge in [-0.15, -0.1) is 10.2 Å². The molecule has 5 rings (SSSR count). The minimum absolute atomic E-state index is 0.105. The highest BCUT2D eigenvalue weighted by molar-refractivity contribution is 5.89. The first-order chi connectivity index (χ1) is 14.3. The Bertz CT molecular complexity index is 1130. The van der Waals surface area contributed by atoms with Gasteiger partial charge in [-0.2, -0.15) is 0 Å². The summed E-state index contributed by atoms with van der Waals surface area (Å²) < 4.78 is 11.5. The van der Waals surface area contributed by atoms with Crippen LogP contribution in [-0.4, -0.2) is 26.1 Å². The number of ether oxygens (including phenoxy) is 1. The Labute approximate surface area is 165 Å². The third kappa shape index (κ3) is 3.20. The molecule has 0 saturated heterocycles. The summed E-state index contributed by atoms with van der Waals surface area (Å²) in [4.78, 5) is 21.2. The number of hydrogen-bond acceptors (Lipinski definition) is 7. The van der Waals surface area contributed by atoms with Gasteiger partial charge in [0.15, 0.2) is 0 Å². The van der Waals surface area contributed by atoms with Crippen LogP contribution < -0.4 is 10.1 Å². The normalized spacial score (nSPS) is 12.6. The molecule has 0 atom stereocenters. The molecular weight excluding hydrogens is 370 g/mol. The molecular formula is C21H15N5O3. The van der Waals surface area contributed by atoms with E-state index in [2.05, 4.69) is 25.5 Å². The van der Waals surface area contributed by atoms with Gasteiger partial charge in [-0.05, 0) is 12.1 Å². The molecule has 142 valence electrons. The fourth-order valence-electron chi connectivity index (χ4n) is 3.30. The number of rotatable bonds is 4. The van der Waals surface area contributed by atoms with Gasteiger partial charge in [0.2, 0.25) is 11.8 Å². The lowest BCUT2D eigenvalue weighted by molar-refractivity contribution is -0.122. The summed E-state index contributed by atoms with van der Waals surface area (Å²) in [5, 5.41) is 10.8. The van der Waals surface area contributed by atoms with E-state index in [0.717, 1.165) is 11.1 Å². The number of aromatic nitrogens is 4. The van der Waals surface area contributed by atoms with Gasteiger partial charge >= 0.3 is 0 Å². The fraction of sp³-hybridized carbons (Fsp3) is 0.0952. The second-order valence-corrected chi connectivity index (χ2v) is 6.42. The maximum absolute atomic E-state index is 13.1. The van der Waals surface area contributed by atoms with Crippen LogP contribution in [0.15, 0.2) is 71.5 Å². The second-order valence-electron chi connectivity index (χ2n) is 6.42. The number of nitrogens with one attached hydrogen (secondary N) is 1. The SMILES string of the molecule is O=C(NCc1nnc(-c2cnccn2)o1)C1c2ccccc2Oc2ccccc21. The second kappa shape index (κ2) is 7.16. The van der Waals surface area contributed by atoms with Crippen LogP contribution >= 0.6 is 0 Å². The molecule has 8 nitrogen and oxygen atoms in total. The summed E-state index contributed by atoms with van der Waals surface area (Å²) in [5.74, 6) is 1.23. The molecule has 3 heterocycles. The van der Waals surface area contributed by atoms with Crippen molar-refractivity contribution in [2.75, 3.05) is 0 Å². The minimum Gasteiger partial charge on any atom is -0.457 e. The average molecular weight is 385 g/mol. The molecule has 2 aromatic heterocycles. The Balaban J connectivity index is 1.37. The molecule has 0 spiro atoms. The molecule has 1 aliphatic heterocycles. The molecule has 0 bridgehead atoms. The van der Waals surface area contributed by atoms with Crippen LogP contribution in [0.2, 0.25) is 0 Å². The van der Waals surface area contributed by atoms with Gasteiger partial charge in [-0.3, -0.25) is 9.78 Å². The summed E-state index contributed by atoms with van der Waals surface area (Å²) in [7, 11) is 0. The number of nitrogens with zero attached hydrogens (tertiary/aromatic N) is 4. The van der Waals surface area contributed by atoms with Crippen molar-refractivity contribution in [3.63, 3.8) is 0 Å². The lowest BCUT2D eigenvalue weighted by Gasteiger charge is -2.27. The molecule has 29 heavy (non-hydrogen) atoms. The van der Waals surface area contributed by atoms with Gasteiger partial charge < -0.3 is 14.5 Å². The van der Waals surface area contributed by atoms with Gasteiger partial charge in [0, 0.05) is 23.5 Å².